The second kappa shape index (κ2) is 11.0. The Hall–Kier alpha value is -3.67. The molecule has 0 saturated carbocycles. The maximum Gasteiger partial charge on any atom is 0.327 e. The predicted molar refractivity (Wildman–Crippen MR) is 131 cm³/mol. The van der Waals surface area contributed by atoms with E-state index in [4.69, 9.17) is 4.74 Å². The van der Waals surface area contributed by atoms with Gasteiger partial charge in [-0.1, -0.05) is 61.9 Å². The smallest absolute Gasteiger partial charge is 0.327 e. The van der Waals surface area contributed by atoms with Crippen molar-refractivity contribution in [3.8, 4) is 5.75 Å². The zero-order valence-electron chi connectivity index (χ0n) is 20.1. The molecule has 0 saturated heterocycles. The molecule has 2 aromatic rings. The summed E-state index contributed by atoms with van der Waals surface area (Å²) in [5.74, 6) is -1.54. The molecule has 0 aromatic heterocycles. The molecular formula is C28H31NO5. The van der Waals surface area contributed by atoms with E-state index in [9.17, 15) is 19.5 Å². The molecule has 1 unspecified atom stereocenters. The first kappa shape index (κ1) is 25.0. The monoisotopic (exact) mass is 461 g/mol. The lowest BCUT2D eigenvalue weighted by Crippen LogP contribution is -2.47. The number of carbonyl (C=O) groups is 3. The summed E-state index contributed by atoms with van der Waals surface area (Å²) in [5.41, 5.74) is 3.10. The van der Waals surface area contributed by atoms with Crippen LogP contribution in [0.2, 0.25) is 0 Å². The van der Waals surface area contributed by atoms with E-state index >= 15 is 0 Å². The summed E-state index contributed by atoms with van der Waals surface area (Å²) in [6.07, 6.45) is 2.40. The second-order valence-corrected chi connectivity index (χ2v) is 9.09. The number of aliphatic carboxylic acids is 1. The van der Waals surface area contributed by atoms with E-state index in [1.165, 1.54) is 0 Å². The standard InChI is InChI=1S/C28H31NO5/c1-18(2)14-15-34-22-12-10-21(11-13-22)25-23(16-19(3)4)26(30)29(27(25)31)24(28(32)33)17-20-8-6-5-7-9-20/h5-14,19,24H,15-17H2,1-4H3,(H,32,33). The molecule has 1 N–H and O–H groups in total. The minimum atomic E-state index is -1.28. The SMILES string of the molecule is CC(C)=CCOc1ccc(C2=C(CC(C)C)C(=O)N(C(Cc3ccccc3)C(=O)O)C2=O)cc1. The van der Waals surface area contributed by atoms with E-state index in [1.807, 2.05) is 39.8 Å². The molecule has 6 nitrogen and oxygen atoms in total. The normalized spacial score (nSPS) is 14.6. The van der Waals surface area contributed by atoms with Crippen LogP contribution in [0.3, 0.4) is 0 Å². The van der Waals surface area contributed by atoms with E-state index in [0.29, 0.717) is 29.9 Å². The first-order valence-corrected chi connectivity index (χ1v) is 11.4. The first-order valence-electron chi connectivity index (χ1n) is 11.4. The summed E-state index contributed by atoms with van der Waals surface area (Å²) >= 11 is 0. The Labute approximate surface area is 200 Å². The Morgan fingerprint density at radius 1 is 0.971 bits per heavy atom. The van der Waals surface area contributed by atoms with E-state index in [1.54, 1.807) is 48.5 Å². The Balaban J connectivity index is 1.94. The van der Waals surface area contributed by atoms with Crippen LogP contribution < -0.4 is 4.74 Å². The molecule has 2 amide bonds. The maximum absolute atomic E-state index is 13.5. The van der Waals surface area contributed by atoms with Gasteiger partial charge >= 0.3 is 5.97 Å². The van der Waals surface area contributed by atoms with Gasteiger partial charge in [0.05, 0.1) is 5.57 Å². The van der Waals surface area contributed by atoms with Gasteiger partial charge in [0.25, 0.3) is 11.8 Å². The molecule has 6 heteroatoms. The fourth-order valence-electron chi connectivity index (χ4n) is 3.92. The number of allylic oxidation sites excluding steroid dienone is 1. The highest BCUT2D eigenvalue weighted by Crippen LogP contribution is 2.35. The minimum absolute atomic E-state index is 0.0486. The molecule has 34 heavy (non-hydrogen) atoms. The van der Waals surface area contributed by atoms with Crippen molar-refractivity contribution >= 4 is 23.4 Å². The van der Waals surface area contributed by atoms with E-state index in [0.717, 1.165) is 16.0 Å². The van der Waals surface area contributed by atoms with Gasteiger partial charge in [-0.05, 0) is 55.5 Å². The van der Waals surface area contributed by atoms with Crippen LogP contribution in [-0.2, 0) is 20.8 Å². The third-order valence-electron chi connectivity index (χ3n) is 5.58. The molecule has 0 spiro atoms. The summed E-state index contributed by atoms with van der Waals surface area (Å²) < 4.78 is 5.70. The van der Waals surface area contributed by atoms with Gasteiger partial charge < -0.3 is 9.84 Å². The zero-order chi connectivity index (χ0) is 24.8. The van der Waals surface area contributed by atoms with E-state index in [2.05, 4.69) is 0 Å². The summed E-state index contributed by atoms with van der Waals surface area (Å²) in [6.45, 7) is 8.35. The van der Waals surface area contributed by atoms with Gasteiger partial charge in [0.2, 0.25) is 0 Å². The molecule has 1 aliphatic heterocycles. The van der Waals surface area contributed by atoms with Crippen LogP contribution >= 0.6 is 0 Å². The molecule has 1 aliphatic rings. The Kier molecular flexibility index (Phi) is 8.05. The number of carbonyl (C=O) groups excluding carboxylic acids is 2. The summed E-state index contributed by atoms with van der Waals surface area (Å²) in [4.78, 5) is 40.0. The number of benzene rings is 2. The highest BCUT2D eigenvalue weighted by molar-refractivity contribution is 6.36. The van der Waals surface area contributed by atoms with Gasteiger partial charge in [-0.3, -0.25) is 14.5 Å². The molecule has 1 heterocycles. The van der Waals surface area contributed by atoms with Crippen molar-refractivity contribution in [2.45, 2.75) is 46.6 Å². The summed E-state index contributed by atoms with van der Waals surface area (Å²) in [6, 6.07) is 14.7. The van der Waals surface area contributed by atoms with Gasteiger partial charge in [0.15, 0.2) is 0 Å². The lowest BCUT2D eigenvalue weighted by molar-refractivity contribution is -0.153. The van der Waals surface area contributed by atoms with Crippen LogP contribution in [0.4, 0.5) is 0 Å². The quantitative estimate of drug-likeness (QED) is 0.402. The fraction of sp³-hybridized carbons (Fsp3) is 0.321. The number of rotatable bonds is 10. The lowest BCUT2D eigenvalue weighted by Gasteiger charge is -2.23. The predicted octanol–water partition coefficient (Wildman–Crippen LogP) is 4.90. The Morgan fingerprint density at radius 3 is 2.18 bits per heavy atom. The Morgan fingerprint density at radius 2 is 1.62 bits per heavy atom. The first-order chi connectivity index (χ1) is 16.2. The van der Waals surface area contributed by atoms with Gasteiger partial charge in [-0.25, -0.2) is 4.79 Å². The van der Waals surface area contributed by atoms with Crippen molar-refractivity contribution in [1.82, 2.24) is 4.90 Å². The van der Waals surface area contributed by atoms with Crippen LogP contribution in [0.15, 0.2) is 71.8 Å². The van der Waals surface area contributed by atoms with Crippen LogP contribution in [-0.4, -0.2) is 40.4 Å². The van der Waals surface area contributed by atoms with Gasteiger partial charge in [0.1, 0.15) is 18.4 Å². The topological polar surface area (TPSA) is 83.9 Å². The van der Waals surface area contributed by atoms with E-state index < -0.39 is 23.8 Å². The van der Waals surface area contributed by atoms with Crippen molar-refractivity contribution < 1.29 is 24.2 Å². The van der Waals surface area contributed by atoms with Gasteiger partial charge in [-0.2, -0.15) is 0 Å². The number of ether oxygens (including phenoxy) is 1. The molecule has 0 aliphatic carbocycles. The third kappa shape index (κ3) is 5.81. The molecular weight excluding hydrogens is 430 g/mol. The largest absolute Gasteiger partial charge is 0.490 e. The average Bonchev–Trinajstić information content (AvgIpc) is 3.02. The number of carboxylic acid groups (broad SMARTS) is 1. The van der Waals surface area contributed by atoms with E-state index in [-0.39, 0.29) is 17.9 Å². The zero-order valence-corrected chi connectivity index (χ0v) is 20.1. The summed E-state index contributed by atoms with van der Waals surface area (Å²) in [5, 5.41) is 9.93. The second-order valence-electron chi connectivity index (χ2n) is 9.09. The average molecular weight is 462 g/mol. The highest BCUT2D eigenvalue weighted by atomic mass is 16.5. The van der Waals surface area contributed by atoms with Gasteiger partial charge in [-0.15, -0.1) is 0 Å². The molecule has 1 atom stereocenters. The van der Waals surface area contributed by atoms with Gasteiger partial charge in [0, 0.05) is 12.0 Å². The van der Waals surface area contributed by atoms with Crippen molar-refractivity contribution in [2.75, 3.05) is 6.61 Å². The number of hydrogen-bond acceptors (Lipinski definition) is 4. The minimum Gasteiger partial charge on any atom is -0.490 e. The van der Waals surface area contributed by atoms with Crippen molar-refractivity contribution in [2.24, 2.45) is 5.92 Å². The van der Waals surface area contributed by atoms with Crippen LogP contribution in [0.1, 0.15) is 45.2 Å². The lowest BCUT2D eigenvalue weighted by atomic mass is 9.95. The molecule has 0 bridgehead atoms. The number of hydrogen-bond donors (Lipinski definition) is 1. The number of nitrogens with zero attached hydrogens (tertiary/aromatic N) is 1. The van der Waals surface area contributed by atoms with Crippen LogP contribution in [0, 0.1) is 5.92 Å². The summed E-state index contributed by atoms with van der Waals surface area (Å²) in [7, 11) is 0. The number of carboxylic acids is 1. The fourth-order valence-corrected chi connectivity index (χ4v) is 3.92. The molecule has 3 rings (SSSR count). The number of imide groups is 1. The van der Waals surface area contributed by atoms with Crippen molar-refractivity contribution in [1.29, 1.82) is 0 Å². The highest BCUT2D eigenvalue weighted by Gasteiger charge is 2.45. The molecule has 178 valence electrons. The molecule has 0 radical (unpaired) electrons. The molecule has 0 fully saturated rings. The Bertz CT molecular complexity index is 1110. The maximum atomic E-state index is 13.5. The molecule has 2 aromatic carbocycles. The van der Waals surface area contributed by atoms with Crippen LogP contribution in [0.25, 0.3) is 5.57 Å². The number of amides is 2. The van der Waals surface area contributed by atoms with Crippen molar-refractivity contribution in [3.63, 3.8) is 0 Å². The third-order valence-corrected chi connectivity index (χ3v) is 5.58. The van der Waals surface area contributed by atoms with Crippen molar-refractivity contribution in [3.05, 3.63) is 82.9 Å². The van der Waals surface area contributed by atoms with Crippen LogP contribution in [0.5, 0.6) is 5.75 Å².